The minimum atomic E-state index is 0.237. The number of para-hydroxylation sites is 1. The standard InChI is InChI=1S/C15H17NO2/c1-17-14-8-16-9-6-11-10-4-2-3-5-13(10)18-15(11)12(14)7-9/h2-5,9,12,14,16H,6-8H2,1H3/t9-,12+,14-/m0/s1. The molecule has 3 nitrogen and oxygen atoms in total. The van der Waals surface area contributed by atoms with E-state index in [0.29, 0.717) is 12.0 Å². The summed E-state index contributed by atoms with van der Waals surface area (Å²) in [7, 11) is 1.80. The van der Waals surface area contributed by atoms with Crippen LogP contribution in [0.4, 0.5) is 0 Å². The molecule has 18 heavy (non-hydrogen) atoms. The Labute approximate surface area is 106 Å². The molecule has 3 heteroatoms. The van der Waals surface area contributed by atoms with E-state index in [0.717, 1.165) is 25.0 Å². The van der Waals surface area contributed by atoms with Crippen molar-refractivity contribution in [1.29, 1.82) is 0 Å². The van der Waals surface area contributed by atoms with E-state index in [-0.39, 0.29) is 6.10 Å². The smallest absolute Gasteiger partial charge is 0.134 e. The van der Waals surface area contributed by atoms with Gasteiger partial charge in [-0.25, -0.2) is 0 Å². The molecule has 2 bridgehead atoms. The van der Waals surface area contributed by atoms with Gasteiger partial charge in [-0.1, -0.05) is 18.2 Å². The molecule has 2 heterocycles. The molecule has 2 aliphatic rings. The Morgan fingerprint density at radius 2 is 2.22 bits per heavy atom. The van der Waals surface area contributed by atoms with Crippen molar-refractivity contribution in [3.05, 3.63) is 35.6 Å². The summed E-state index contributed by atoms with van der Waals surface area (Å²) in [6.45, 7) is 0.933. The van der Waals surface area contributed by atoms with Gasteiger partial charge in [0.15, 0.2) is 0 Å². The van der Waals surface area contributed by atoms with Crippen LogP contribution < -0.4 is 5.32 Å². The lowest BCUT2D eigenvalue weighted by molar-refractivity contribution is 0.0402. The number of nitrogens with one attached hydrogen (secondary N) is 1. The van der Waals surface area contributed by atoms with Gasteiger partial charge >= 0.3 is 0 Å². The second-order valence-electron chi connectivity index (χ2n) is 5.37. The summed E-state index contributed by atoms with van der Waals surface area (Å²) in [5, 5.41) is 4.86. The molecule has 1 N–H and O–H groups in total. The van der Waals surface area contributed by atoms with Crippen molar-refractivity contribution in [3.8, 4) is 0 Å². The molecule has 1 aromatic heterocycles. The number of ether oxygens (including phenoxy) is 1. The van der Waals surface area contributed by atoms with Gasteiger partial charge in [-0.3, -0.25) is 0 Å². The summed E-state index contributed by atoms with van der Waals surface area (Å²) < 4.78 is 11.7. The number of rotatable bonds is 1. The van der Waals surface area contributed by atoms with Gasteiger partial charge in [-0.15, -0.1) is 0 Å². The first-order chi connectivity index (χ1) is 8.86. The zero-order valence-corrected chi connectivity index (χ0v) is 10.5. The number of fused-ring (bicyclic) bond motifs is 6. The third-order valence-corrected chi connectivity index (χ3v) is 4.41. The Balaban J connectivity index is 1.91. The maximum absolute atomic E-state index is 6.10. The van der Waals surface area contributed by atoms with Gasteiger partial charge in [0, 0.05) is 36.6 Å². The first kappa shape index (κ1) is 10.6. The number of hydrogen-bond donors (Lipinski definition) is 1. The van der Waals surface area contributed by atoms with Gasteiger partial charge in [0.05, 0.1) is 6.10 Å². The van der Waals surface area contributed by atoms with Crippen molar-refractivity contribution in [2.75, 3.05) is 13.7 Å². The molecule has 1 aromatic carbocycles. The number of benzene rings is 1. The minimum Gasteiger partial charge on any atom is -0.460 e. The van der Waals surface area contributed by atoms with E-state index in [4.69, 9.17) is 9.15 Å². The van der Waals surface area contributed by atoms with Gasteiger partial charge in [-0.05, 0) is 18.9 Å². The highest BCUT2D eigenvalue weighted by Gasteiger charge is 2.40. The lowest BCUT2D eigenvalue weighted by Gasteiger charge is -2.39. The van der Waals surface area contributed by atoms with Gasteiger partial charge in [0.2, 0.25) is 0 Å². The number of piperidine rings is 1. The highest BCUT2D eigenvalue weighted by atomic mass is 16.5. The van der Waals surface area contributed by atoms with E-state index in [1.165, 1.54) is 16.7 Å². The summed E-state index contributed by atoms with van der Waals surface area (Å²) in [5.41, 5.74) is 2.41. The fourth-order valence-corrected chi connectivity index (χ4v) is 3.52. The van der Waals surface area contributed by atoms with Crippen LogP contribution in [0, 0.1) is 0 Å². The Kier molecular flexibility index (Phi) is 2.26. The van der Waals surface area contributed by atoms with Crippen molar-refractivity contribution in [1.82, 2.24) is 5.32 Å². The SMILES string of the molecule is CO[C@H]1CN[C@H]2Cc3c(oc4ccccc34)[C@@H]1C2. The van der Waals surface area contributed by atoms with E-state index >= 15 is 0 Å². The molecular formula is C15H17NO2. The molecule has 4 rings (SSSR count). The summed E-state index contributed by atoms with van der Waals surface area (Å²) in [5.74, 6) is 1.58. The topological polar surface area (TPSA) is 34.4 Å². The monoisotopic (exact) mass is 243 g/mol. The maximum Gasteiger partial charge on any atom is 0.134 e. The highest BCUT2D eigenvalue weighted by molar-refractivity contribution is 5.82. The second-order valence-corrected chi connectivity index (χ2v) is 5.37. The lowest BCUT2D eigenvalue weighted by Crippen LogP contribution is -2.49. The van der Waals surface area contributed by atoms with E-state index < -0.39 is 0 Å². The molecule has 0 radical (unpaired) electrons. The van der Waals surface area contributed by atoms with Crippen LogP contribution in [0.2, 0.25) is 0 Å². The van der Waals surface area contributed by atoms with Crippen molar-refractivity contribution in [2.45, 2.75) is 30.9 Å². The van der Waals surface area contributed by atoms with Crippen molar-refractivity contribution >= 4 is 11.0 Å². The molecule has 1 saturated heterocycles. The Morgan fingerprint density at radius 3 is 3.11 bits per heavy atom. The molecule has 0 unspecified atom stereocenters. The molecule has 1 fully saturated rings. The van der Waals surface area contributed by atoms with E-state index in [2.05, 4.69) is 23.5 Å². The molecule has 0 spiro atoms. The third-order valence-electron chi connectivity index (χ3n) is 4.41. The fraction of sp³-hybridized carbons (Fsp3) is 0.467. The van der Waals surface area contributed by atoms with Gasteiger partial charge in [0.1, 0.15) is 11.3 Å². The Bertz CT molecular complexity index is 589. The van der Waals surface area contributed by atoms with Crippen LogP contribution in [-0.4, -0.2) is 25.8 Å². The van der Waals surface area contributed by atoms with E-state index in [1.54, 1.807) is 7.11 Å². The van der Waals surface area contributed by atoms with Crippen LogP contribution in [0.1, 0.15) is 23.7 Å². The molecular weight excluding hydrogens is 226 g/mol. The fourth-order valence-electron chi connectivity index (χ4n) is 3.52. The highest BCUT2D eigenvalue weighted by Crippen LogP contribution is 2.42. The van der Waals surface area contributed by atoms with Crippen molar-refractivity contribution in [2.24, 2.45) is 0 Å². The molecule has 2 aromatic rings. The molecule has 3 atom stereocenters. The molecule has 94 valence electrons. The number of furan rings is 1. The van der Waals surface area contributed by atoms with Crippen LogP contribution in [0.3, 0.4) is 0 Å². The zero-order chi connectivity index (χ0) is 12.1. The van der Waals surface area contributed by atoms with Crippen molar-refractivity contribution < 1.29 is 9.15 Å². The Hall–Kier alpha value is -1.32. The van der Waals surface area contributed by atoms with Gasteiger partial charge in [0.25, 0.3) is 0 Å². The summed E-state index contributed by atoms with van der Waals surface area (Å²) >= 11 is 0. The van der Waals surface area contributed by atoms with Crippen LogP contribution in [0.25, 0.3) is 11.0 Å². The van der Waals surface area contributed by atoms with Crippen LogP contribution in [0.15, 0.2) is 28.7 Å². The first-order valence-corrected chi connectivity index (χ1v) is 6.63. The molecule has 1 aliphatic heterocycles. The summed E-state index contributed by atoms with van der Waals surface area (Å²) in [4.78, 5) is 0. The van der Waals surface area contributed by atoms with E-state index in [9.17, 15) is 0 Å². The maximum atomic E-state index is 6.10. The van der Waals surface area contributed by atoms with Crippen LogP contribution >= 0.6 is 0 Å². The van der Waals surface area contributed by atoms with Gasteiger partial charge in [-0.2, -0.15) is 0 Å². The average Bonchev–Trinajstić information content (AvgIpc) is 2.78. The van der Waals surface area contributed by atoms with Crippen molar-refractivity contribution in [3.63, 3.8) is 0 Å². The summed E-state index contributed by atoms with van der Waals surface area (Å²) in [6, 6.07) is 8.93. The number of hydrogen-bond acceptors (Lipinski definition) is 3. The normalized spacial score (nSPS) is 30.4. The third kappa shape index (κ3) is 1.38. The number of methoxy groups -OCH3 is 1. The Morgan fingerprint density at radius 1 is 1.33 bits per heavy atom. The van der Waals surface area contributed by atoms with Gasteiger partial charge < -0.3 is 14.5 Å². The van der Waals surface area contributed by atoms with Crippen LogP contribution in [0.5, 0.6) is 0 Å². The molecule has 1 aliphatic carbocycles. The first-order valence-electron chi connectivity index (χ1n) is 6.63. The van der Waals surface area contributed by atoms with Crippen LogP contribution in [-0.2, 0) is 11.2 Å². The lowest BCUT2D eigenvalue weighted by atomic mass is 9.78. The largest absolute Gasteiger partial charge is 0.460 e. The predicted molar refractivity (Wildman–Crippen MR) is 69.9 cm³/mol. The molecule has 0 amide bonds. The second kappa shape index (κ2) is 3.84. The molecule has 0 saturated carbocycles. The zero-order valence-electron chi connectivity index (χ0n) is 10.5. The average molecular weight is 243 g/mol. The van der Waals surface area contributed by atoms with E-state index in [1.807, 2.05) is 6.07 Å². The summed E-state index contributed by atoms with van der Waals surface area (Å²) in [6.07, 6.45) is 2.45. The minimum absolute atomic E-state index is 0.237. The predicted octanol–water partition coefficient (Wildman–Crippen LogP) is 2.45. The quantitative estimate of drug-likeness (QED) is 0.835.